The fourth-order valence-corrected chi connectivity index (χ4v) is 2.71. The quantitative estimate of drug-likeness (QED) is 0.796. The van der Waals surface area contributed by atoms with Crippen LogP contribution in [-0.4, -0.2) is 22.9 Å². The van der Waals surface area contributed by atoms with Crippen LogP contribution in [-0.2, 0) is 0 Å². The lowest BCUT2D eigenvalue weighted by Gasteiger charge is -2.39. The van der Waals surface area contributed by atoms with Crippen molar-refractivity contribution < 1.29 is 13.6 Å². The Morgan fingerprint density at radius 3 is 2.32 bits per heavy atom. The molecule has 1 aromatic rings. The van der Waals surface area contributed by atoms with Crippen LogP contribution in [0.25, 0.3) is 0 Å². The number of amides is 1. The molecule has 19 heavy (non-hydrogen) atoms. The topological polar surface area (TPSA) is 46.3 Å². The third-order valence-electron chi connectivity index (χ3n) is 3.75. The molecule has 104 valence electrons. The van der Waals surface area contributed by atoms with Gasteiger partial charge >= 0.3 is 0 Å². The van der Waals surface area contributed by atoms with Gasteiger partial charge in [-0.3, -0.25) is 4.79 Å². The largest absolute Gasteiger partial charge is 0.398 e. The summed E-state index contributed by atoms with van der Waals surface area (Å²) in [6.45, 7) is 3.92. The second kappa shape index (κ2) is 5.15. The van der Waals surface area contributed by atoms with Crippen molar-refractivity contribution in [2.24, 2.45) is 0 Å². The van der Waals surface area contributed by atoms with Crippen LogP contribution in [0, 0.1) is 11.6 Å². The van der Waals surface area contributed by atoms with E-state index < -0.39 is 11.6 Å². The Kier molecular flexibility index (Phi) is 3.73. The van der Waals surface area contributed by atoms with Gasteiger partial charge in [0.25, 0.3) is 5.91 Å². The number of hydrogen-bond acceptors (Lipinski definition) is 2. The summed E-state index contributed by atoms with van der Waals surface area (Å²) in [4.78, 5) is 14.2. The van der Waals surface area contributed by atoms with Gasteiger partial charge in [0, 0.05) is 23.8 Å². The molecule has 1 fully saturated rings. The summed E-state index contributed by atoms with van der Waals surface area (Å²) in [5.41, 5.74) is 5.66. The van der Waals surface area contributed by atoms with Crippen LogP contribution in [0.5, 0.6) is 0 Å². The highest BCUT2D eigenvalue weighted by molar-refractivity contribution is 5.99. The van der Waals surface area contributed by atoms with Crippen LogP contribution in [0.3, 0.4) is 0 Å². The van der Waals surface area contributed by atoms with Gasteiger partial charge in [-0.15, -0.1) is 0 Å². The van der Waals surface area contributed by atoms with E-state index >= 15 is 0 Å². The van der Waals surface area contributed by atoms with E-state index in [0.29, 0.717) is 0 Å². The lowest BCUT2D eigenvalue weighted by Crippen LogP contribution is -2.47. The number of carbonyl (C=O) groups excluding carboxylic acids is 1. The van der Waals surface area contributed by atoms with E-state index in [1.54, 1.807) is 4.90 Å². The fraction of sp³-hybridized carbons (Fsp3) is 0.500. The number of nitrogens with zero attached hydrogens (tertiary/aromatic N) is 1. The van der Waals surface area contributed by atoms with E-state index in [2.05, 4.69) is 0 Å². The zero-order chi connectivity index (χ0) is 14.2. The van der Waals surface area contributed by atoms with Crippen molar-refractivity contribution in [3.63, 3.8) is 0 Å². The molecule has 2 rings (SSSR count). The zero-order valence-electron chi connectivity index (χ0n) is 11.1. The average molecular weight is 268 g/mol. The fourth-order valence-electron chi connectivity index (χ4n) is 2.71. The summed E-state index contributed by atoms with van der Waals surface area (Å²) >= 11 is 0. The van der Waals surface area contributed by atoms with Gasteiger partial charge in [-0.1, -0.05) is 0 Å². The third-order valence-corrected chi connectivity index (χ3v) is 3.75. The highest BCUT2D eigenvalue weighted by Crippen LogP contribution is 2.27. The highest BCUT2D eigenvalue weighted by Gasteiger charge is 2.31. The number of piperidine rings is 1. The molecular weight excluding hydrogens is 250 g/mol. The molecule has 1 aliphatic rings. The molecule has 3 nitrogen and oxygen atoms in total. The average Bonchev–Trinajstić information content (AvgIpc) is 2.33. The van der Waals surface area contributed by atoms with Crippen LogP contribution in [0.2, 0.25) is 0 Å². The molecule has 0 saturated carbocycles. The monoisotopic (exact) mass is 268 g/mol. The SMILES string of the molecule is C[C@@H]1CCC[C@H](C)N1C(=O)c1cc(F)c(F)cc1N. The number of benzene rings is 1. The lowest BCUT2D eigenvalue weighted by molar-refractivity contribution is 0.0511. The number of carbonyl (C=O) groups is 1. The summed E-state index contributed by atoms with van der Waals surface area (Å²) < 4.78 is 26.3. The molecule has 5 heteroatoms. The minimum atomic E-state index is -1.05. The van der Waals surface area contributed by atoms with E-state index in [1.807, 2.05) is 13.8 Å². The number of anilines is 1. The first-order valence-corrected chi connectivity index (χ1v) is 6.49. The number of nitrogens with two attached hydrogens (primary N) is 1. The van der Waals surface area contributed by atoms with E-state index in [4.69, 9.17) is 5.73 Å². The smallest absolute Gasteiger partial charge is 0.256 e. The first kappa shape index (κ1) is 13.8. The summed E-state index contributed by atoms with van der Waals surface area (Å²) in [5.74, 6) is -2.40. The van der Waals surface area contributed by atoms with Gasteiger partial charge in [0.05, 0.1) is 5.56 Å². The van der Waals surface area contributed by atoms with Crippen molar-refractivity contribution >= 4 is 11.6 Å². The Hall–Kier alpha value is -1.65. The molecule has 0 bridgehead atoms. The van der Waals surface area contributed by atoms with Crippen LogP contribution in [0.4, 0.5) is 14.5 Å². The first-order chi connectivity index (χ1) is 8.91. The molecule has 1 saturated heterocycles. The normalized spacial score (nSPS) is 23.5. The predicted molar refractivity (Wildman–Crippen MR) is 69.7 cm³/mol. The van der Waals surface area contributed by atoms with Gasteiger partial charge in [0.2, 0.25) is 0 Å². The molecular formula is C14H18F2N2O. The van der Waals surface area contributed by atoms with Crippen molar-refractivity contribution in [2.45, 2.75) is 45.2 Å². The van der Waals surface area contributed by atoms with Crippen LogP contribution in [0.1, 0.15) is 43.5 Å². The molecule has 1 heterocycles. The second-order valence-corrected chi connectivity index (χ2v) is 5.19. The molecule has 0 radical (unpaired) electrons. The van der Waals surface area contributed by atoms with Crippen LogP contribution in [0.15, 0.2) is 12.1 Å². The summed E-state index contributed by atoms with van der Waals surface area (Å²) in [6.07, 6.45) is 2.90. The molecule has 0 spiro atoms. The van der Waals surface area contributed by atoms with E-state index in [0.717, 1.165) is 31.4 Å². The Labute approximate surface area is 111 Å². The number of rotatable bonds is 1. The molecule has 0 aromatic heterocycles. The minimum Gasteiger partial charge on any atom is -0.398 e. The molecule has 2 N–H and O–H groups in total. The van der Waals surface area contributed by atoms with E-state index in [9.17, 15) is 13.6 Å². The maximum Gasteiger partial charge on any atom is 0.256 e. The third kappa shape index (κ3) is 2.55. The Morgan fingerprint density at radius 2 is 1.74 bits per heavy atom. The van der Waals surface area contributed by atoms with Gasteiger partial charge in [-0.2, -0.15) is 0 Å². The Balaban J connectivity index is 2.35. The molecule has 1 aliphatic heterocycles. The Morgan fingerprint density at radius 1 is 1.21 bits per heavy atom. The molecule has 0 aliphatic carbocycles. The number of hydrogen-bond donors (Lipinski definition) is 1. The maximum atomic E-state index is 13.3. The lowest BCUT2D eigenvalue weighted by atomic mass is 9.96. The van der Waals surface area contributed by atoms with Gasteiger partial charge < -0.3 is 10.6 Å². The maximum absolute atomic E-state index is 13.3. The number of halogens is 2. The molecule has 2 atom stereocenters. The Bertz CT molecular complexity index is 494. The van der Waals surface area contributed by atoms with E-state index in [1.165, 1.54) is 0 Å². The summed E-state index contributed by atoms with van der Waals surface area (Å²) in [6, 6.07) is 1.93. The van der Waals surface area contributed by atoms with Crippen molar-refractivity contribution in [3.05, 3.63) is 29.3 Å². The first-order valence-electron chi connectivity index (χ1n) is 6.49. The zero-order valence-corrected chi connectivity index (χ0v) is 11.1. The van der Waals surface area contributed by atoms with Crippen LogP contribution >= 0.6 is 0 Å². The van der Waals surface area contributed by atoms with Gasteiger partial charge in [0.15, 0.2) is 11.6 Å². The molecule has 1 amide bonds. The number of likely N-dealkylation sites (tertiary alicyclic amines) is 1. The van der Waals surface area contributed by atoms with Gasteiger partial charge in [-0.25, -0.2) is 8.78 Å². The highest BCUT2D eigenvalue weighted by atomic mass is 19.2. The number of nitrogen functional groups attached to an aromatic ring is 1. The second-order valence-electron chi connectivity index (χ2n) is 5.19. The van der Waals surface area contributed by atoms with E-state index in [-0.39, 0.29) is 29.2 Å². The standard InChI is InChI=1S/C14H18F2N2O/c1-8-4-3-5-9(2)18(8)14(19)10-6-11(15)12(16)7-13(10)17/h6-9H,3-5,17H2,1-2H3/t8-,9+. The van der Waals surface area contributed by atoms with Crippen molar-refractivity contribution in [1.29, 1.82) is 0 Å². The van der Waals surface area contributed by atoms with Crippen molar-refractivity contribution in [2.75, 3.05) is 5.73 Å². The van der Waals surface area contributed by atoms with Crippen molar-refractivity contribution in [3.8, 4) is 0 Å². The molecule has 0 unspecified atom stereocenters. The summed E-state index contributed by atoms with van der Waals surface area (Å²) in [7, 11) is 0. The van der Waals surface area contributed by atoms with Gasteiger partial charge in [-0.05, 0) is 39.2 Å². The summed E-state index contributed by atoms with van der Waals surface area (Å²) in [5, 5.41) is 0. The van der Waals surface area contributed by atoms with Gasteiger partial charge in [0.1, 0.15) is 0 Å². The molecule has 1 aromatic carbocycles. The van der Waals surface area contributed by atoms with Crippen LogP contribution < -0.4 is 5.73 Å². The predicted octanol–water partition coefficient (Wildman–Crippen LogP) is 2.95. The van der Waals surface area contributed by atoms with Crippen molar-refractivity contribution in [1.82, 2.24) is 4.90 Å². The minimum absolute atomic E-state index is 0.0196.